The lowest BCUT2D eigenvalue weighted by molar-refractivity contribution is 0.252. The molecular weight excluding hydrogens is 128 g/mol. The highest BCUT2D eigenvalue weighted by atomic mass is 35.5. The number of methoxy groups -OCH3 is 1. The van der Waals surface area contributed by atoms with Crippen LogP contribution in [0.2, 0.25) is 0 Å². The van der Waals surface area contributed by atoms with E-state index < -0.39 is 0 Å². The van der Waals surface area contributed by atoms with Gasteiger partial charge >= 0.3 is 0 Å². The fourth-order valence-electron chi connectivity index (χ4n) is 0.176. The Labute approximate surface area is 51.1 Å². The molecule has 2 radical (unpaired) electrons. The Kier molecular flexibility index (Phi) is 6.39. The van der Waals surface area contributed by atoms with Gasteiger partial charge < -0.3 is 4.74 Å². The second-order valence-electron chi connectivity index (χ2n) is 0.930. The lowest BCUT2D eigenvalue weighted by atomic mass is 11.2. The Balaban J connectivity index is 2.69. The molecule has 0 amide bonds. The van der Waals surface area contributed by atoms with Gasteiger partial charge in [0.1, 0.15) is 9.52 Å². The normalized spacial score (nSPS) is 10.6. The molecule has 0 rings (SSSR count). The first-order valence-electron chi connectivity index (χ1n) is 1.89. The summed E-state index contributed by atoms with van der Waals surface area (Å²) >= 11 is 5.21. The molecule has 0 N–H and O–H groups in total. The Morgan fingerprint density at radius 2 is 2.57 bits per heavy atom. The van der Waals surface area contributed by atoms with Crippen LogP contribution in [0.5, 0.6) is 0 Å². The molecule has 0 aliphatic carbocycles. The van der Waals surface area contributed by atoms with Crippen molar-refractivity contribution < 1.29 is 4.74 Å². The van der Waals surface area contributed by atoms with E-state index in [2.05, 4.69) is 0 Å². The minimum atomic E-state index is 0.698. The summed E-state index contributed by atoms with van der Waals surface area (Å²) < 4.78 is 4.75. The smallest absolute Gasteiger partial charge is 0.105 e. The van der Waals surface area contributed by atoms with E-state index in [0.717, 1.165) is 6.23 Å². The van der Waals surface area contributed by atoms with Crippen molar-refractivity contribution in [2.24, 2.45) is 0 Å². The largest absolute Gasteiger partial charge is 0.388 e. The Morgan fingerprint density at radius 1 is 1.86 bits per heavy atom. The summed E-state index contributed by atoms with van der Waals surface area (Å²) in [4.78, 5) is 0. The summed E-state index contributed by atoms with van der Waals surface area (Å²) in [6.45, 7) is 0. The van der Waals surface area contributed by atoms with Crippen molar-refractivity contribution in [2.45, 2.75) is 0 Å². The molecule has 0 aliphatic rings. The predicted molar refractivity (Wildman–Crippen MR) is 32.6 cm³/mol. The Bertz CT molecular complexity index is 55.7. The van der Waals surface area contributed by atoms with Gasteiger partial charge in [0, 0.05) is 13.3 Å². The van der Waals surface area contributed by atoms with Crippen LogP contribution in [0.15, 0.2) is 11.2 Å². The summed E-state index contributed by atoms with van der Waals surface area (Å²) in [5.41, 5.74) is 3.39. The van der Waals surface area contributed by atoms with Crippen LogP contribution < -0.4 is 0 Å². The third kappa shape index (κ3) is 6.21. The first kappa shape index (κ1) is 7.21. The third-order valence-electron chi connectivity index (χ3n) is 0.409. The van der Waals surface area contributed by atoms with E-state index in [9.17, 15) is 0 Å². The zero-order chi connectivity index (χ0) is 5.54. The van der Waals surface area contributed by atoms with E-state index in [1.807, 2.05) is 5.70 Å². The minimum Gasteiger partial charge on any atom is -0.388 e. The highest BCUT2D eigenvalue weighted by Crippen LogP contribution is 1.74. The maximum absolute atomic E-state index is 5.21. The van der Waals surface area contributed by atoms with Crippen molar-refractivity contribution in [1.82, 2.24) is 0 Å². The second-order valence-corrected chi connectivity index (χ2v) is 2.21. The van der Waals surface area contributed by atoms with Crippen molar-refractivity contribution in [1.29, 1.82) is 0 Å². The van der Waals surface area contributed by atoms with Gasteiger partial charge in [-0.1, -0.05) is 17.3 Å². The highest BCUT2D eigenvalue weighted by Gasteiger charge is 1.75. The van der Waals surface area contributed by atoms with Gasteiger partial charge in [0.15, 0.2) is 0 Å². The fraction of sp³-hybridized carbons (Fsp3) is 0.500. The number of halogens is 1. The Hall–Kier alpha value is 0.207. The van der Waals surface area contributed by atoms with E-state index in [-0.39, 0.29) is 0 Å². The third-order valence-corrected chi connectivity index (χ3v) is 1.60. The van der Waals surface area contributed by atoms with E-state index in [0.29, 0.717) is 9.52 Å². The van der Waals surface area contributed by atoms with Crippen molar-refractivity contribution in [3.05, 3.63) is 11.2 Å². The second kappa shape index (κ2) is 6.21. The lowest BCUT2D eigenvalue weighted by Crippen LogP contribution is -1.95. The van der Waals surface area contributed by atoms with Gasteiger partial charge in [-0.3, -0.25) is 0 Å². The van der Waals surface area contributed by atoms with E-state index in [4.69, 9.17) is 16.3 Å². The molecule has 0 atom stereocenters. The van der Waals surface area contributed by atoms with Crippen LogP contribution >= 0.6 is 11.6 Å². The quantitative estimate of drug-likeness (QED) is 0.414. The molecule has 0 aromatic heterocycles. The van der Waals surface area contributed by atoms with Gasteiger partial charge in [0.2, 0.25) is 0 Å². The molecule has 0 saturated carbocycles. The topological polar surface area (TPSA) is 9.23 Å². The first-order valence-corrected chi connectivity index (χ1v) is 3.61. The number of rotatable bonds is 3. The van der Waals surface area contributed by atoms with Crippen molar-refractivity contribution in [3.63, 3.8) is 0 Å². The zero-order valence-corrected chi connectivity index (χ0v) is 5.90. The molecule has 0 fully saturated rings. The van der Waals surface area contributed by atoms with Crippen LogP contribution in [-0.2, 0) is 4.74 Å². The van der Waals surface area contributed by atoms with Gasteiger partial charge in [0.05, 0.1) is 0 Å². The average Bonchev–Trinajstić information content (AvgIpc) is 1.69. The molecule has 0 saturated heterocycles. The molecule has 7 heavy (non-hydrogen) atoms. The fourth-order valence-corrected chi connectivity index (χ4v) is 0.795. The zero-order valence-electron chi connectivity index (χ0n) is 4.15. The van der Waals surface area contributed by atoms with Crippen molar-refractivity contribution >= 4 is 21.1 Å². The summed E-state index contributed by atoms with van der Waals surface area (Å²) in [6.07, 6.45) is 0.781. The summed E-state index contributed by atoms with van der Waals surface area (Å²) in [5.74, 6) is 0. The van der Waals surface area contributed by atoms with E-state index in [1.165, 1.54) is 5.54 Å². The van der Waals surface area contributed by atoms with Gasteiger partial charge in [-0.15, -0.1) is 0 Å². The van der Waals surface area contributed by atoms with Crippen LogP contribution in [0.25, 0.3) is 0 Å². The molecule has 0 aromatic rings. The van der Waals surface area contributed by atoms with Gasteiger partial charge in [-0.05, 0) is 5.54 Å². The number of hydrogen-bond acceptors (Lipinski definition) is 1. The molecule has 0 spiro atoms. The molecule has 0 unspecified atom stereocenters. The maximum atomic E-state index is 5.21. The summed E-state index contributed by atoms with van der Waals surface area (Å²) in [6, 6.07) is 0. The molecule has 40 valence electrons. The highest BCUT2D eigenvalue weighted by molar-refractivity contribution is 6.44. The standard InChI is InChI=1S/C4H7ClOSi/c1-6-4-7-3-2-5/h2-3H,4H2,1H3. The summed E-state index contributed by atoms with van der Waals surface area (Å²) in [7, 11) is 2.37. The monoisotopic (exact) mass is 134 g/mol. The molecule has 0 aromatic carbocycles. The van der Waals surface area contributed by atoms with Gasteiger partial charge in [-0.25, -0.2) is 0 Å². The van der Waals surface area contributed by atoms with Crippen LogP contribution in [0.3, 0.4) is 0 Å². The van der Waals surface area contributed by atoms with Gasteiger partial charge in [0.25, 0.3) is 0 Å². The predicted octanol–water partition coefficient (Wildman–Crippen LogP) is 1.00. The molecule has 0 heterocycles. The molecule has 0 aliphatic heterocycles. The lowest BCUT2D eigenvalue weighted by Gasteiger charge is -1.85. The molecule has 0 bridgehead atoms. The molecule has 3 heteroatoms. The summed E-state index contributed by atoms with van der Waals surface area (Å²) in [5, 5.41) is 0. The van der Waals surface area contributed by atoms with Crippen LogP contribution in [-0.4, -0.2) is 22.9 Å². The van der Waals surface area contributed by atoms with Gasteiger partial charge in [-0.2, -0.15) is 0 Å². The maximum Gasteiger partial charge on any atom is 0.105 e. The van der Waals surface area contributed by atoms with E-state index in [1.54, 1.807) is 7.11 Å². The number of hydrogen-bond donors (Lipinski definition) is 0. The SMILES string of the molecule is COC[Si]C=CCl. The number of ether oxygens (including phenoxy) is 1. The molecular formula is C4H7ClOSi. The Morgan fingerprint density at radius 3 is 3.00 bits per heavy atom. The minimum absolute atomic E-state index is 0.698. The van der Waals surface area contributed by atoms with Crippen molar-refractivity contribution in [2.75, 3.05) is 13.3 Å². The first-order chi connectivity index (χ1) is 3.41. The van der Waals surface area contributed by atoms with Crippen molar-refractivity contribution in [3.8, 4) is 0 Å². The molecule has 1 nitrogen and oxygen atoms in total. The average molecular weight is 135 g/mol. The van der Waals surface area contributed by atoms with E-state index >= 15 is 0 Å². The van der Waals surface area contributed by atoms with Crippen LogP contribution in [0.1, 0.15) is 0 Å². The van der Waals surface area contributed by atoms with Crippen LogP contribution in [0.4, 0.5) is 0 Å². The van der Waals surface area contributed by atoms with Crippen LogP contribution in [0, 0.1) is 0 Å².